The molecule has 0 radical (unpaired) electrons. The number of amides is 2. The van der Waals surface area contributed by atoms with Crippen LogP contribution in [0.1, 0.15) is 38.8 Å². The van der Waals surface area contributed by atoms with Crippen molar-refractivity contribution in [3.63, 3.8) is 0 Å². The first-order valence-electron chi connectivity index (χ1n) is 9.18. The number of aromatic hydroxyl groups is 2. The van der Waals surface area contributed by atoms with Gasteiger partial charge in [-0.1, -0.05) is 17.7 Å². The molecular weight excluding hydrogens is 382 g/mol. The summed E-state index contributed by atoms with van der Waals surface area (Å²) in [5.74, 6) is -0.879. The van der Waals surface area contributed by atoms with Crippen molar-refractivity contribution < 1.29 is 19.8 Å². The zero-order valence-electron chi connectivity index (χ0n) is 16.5. The molecule has 3 rings (SSSR count). The molecule has 0 atom stereocenters. The molecule has 2 amide bonds. The second kappa shape index (κ2) is 8.91. The van der Waals surface area contributed by atoms with Crippen molar-refractivity contribution in [2.75, 3.05) is 5.32 Å². The number of rotatable bonds is 5. The molecule has 0 aliphatic rings. The number of carbonyl (C=O) groups is 2. The topological polar surface area (TPSA) is 111 Å². The highest BCUT2D eigenvalue weighted by atomic mass is 16.3. The van der Waals surface area contributed by atoms with E-state index in [1.165, 1.54) is 18.2 Å². The summed E-state index contributed by atoms with van der Waals surface area (Å²) in [6.45, 7) is 3.54. The van der Waals surface area contributed by atoms with Crippen LogP contribution in [0.15, 0.2) is 71.8 Å². The van der Waals surface area contributed by atoms with E-state index in [0.717, 1.165) is 5.56 Å². The molecule has 0 aromatic heterocycles. The molecule has 0 aliphatic carbocycles. The molecule has 0 aliphatic heterocycles. The zero-order valence-corrected chi connectivity index (χ0v) is 16.5. The minimum absolute atomic E-state index is 0.0670. The number of nitrogens with one attached hydrogen (secondary N) is 2. The predicted molar refractivity (Wildman–Crippen MR) is 115 cm³/mol. The molecule has 30 heavy (non-hydrogen) atoms. The van der Waals surface area contributed by atoms with Crippen molar-refractivity contribution in [3.05, 3.63) is 89.0 Å². The molecule has 0 saturated heterocycles. The first-order valence-corrected chi connectivity index (χ1v) is 9.18. The lowest BCUT2D eigenvalue weighted by Crippen LogP contribution is -2.19. The zero-order chi connectivity index (χ0) is 21.7. The Hall–Kier alpha value is -4.13. The quantitative estimate of drug-likeness (QED) is 0.383. The minimum Gasteiger partial charge on any atom is -0.508 e. The van der Waals surface area contributed by atoms with E-state index in [0.29, 0.717) is 28.1 Å². The van der Waals surface area contributed by atoms with Crippen LogP contribution >= 0.6 is 0 Å². The van der Waals surface area contributed by atoms with Gasteiger partial charge in [0.2, 0.25) is 0 Å². The third-order valence-corrected chi connectivity index (χ3v) is 4.38. The SMILES string of the molecule is CC(=NNC(=O)c1ccc(NC(=O)c2cccc(C)c2)cc1)c1ccc(O)cc1O. The Kier molecular flexibility index (Phi) is 6.12. The average Bonchev–Trinajstić information content (AvgIpc) is 2.72. The van der Waals surface area contributed by atoms with Crippen molar-refractivity contribution in [2.24, 2.45) is 5.10 Å². The highest BCUT2D eigenvalue weighted by Crippen LogP contribution is 2.23. The van der Waals surface area contributed by atoms with Crippen LogP contribution in [-0.2, 0) is 0 Å². The van der Waals surface area contributed by atoms with Gasteiger partial charge in [-0.15, -0.1) is 0 Å². The molecule has 0 bridgehead atoms. The summed E-state index contributed by atoms with van der Waals surface area (Å²) in [6, 6.07) is 17.8. The molecule has 3 aromatic rings. The van der Waals surface area contributed by atoms with Crippen LogP contribution in [-0.4, -0.2) is 27.7 Å². The maximum atomic E-state index is 12.3. The number of benzene rings is 3. The van der Waals surface area contributed by atoms with Gasteiger partial charge in [0.15, 0.2) is 0 Å². The van der Waals surface area contributed by atoms with Crippen molar-refractivity contribution in [1.82, 2.24) is 5.43 Å². The van der Waals surface area contributed by atoms with E-state index in [1.807, 2.05) is 19.1 Å². The van der Waals surface area contributed by atoms with Gasteiger partial charge < -0.3 is 15.5 Å². The van der Waals surface area contributed by atoms with E-state index < -0.39 is 5.91 Å². The first kappa shape index (κ1) is 20.6. The Morgan fingerprint density at radius 1 is 0.867 bits per heavy atom. The lowest BCUT2D eigenvalue weighted by atomic mass is 10.1. The second-order valence-electron chi connectivity index (χ2n) is 6.74. The van der Waals surface area contributed by atoms with Gasteiger partial charge in [0, 0.05) is 28.4 Å². The summed E-state index contributed by atoms with van der Waals surface area (Å²) in [4.78, 5) is 24.6. The van der Waals surface area contributed by atoms with Crippen LogP contribution in [0, 0.1) is 6.92 Å². The third-order valence-electron chi connectivity index (χ3n) is 4.38. The van der Waals surface area contributed by atoms with Gasteiger partial charge in [-0.05, 0) is 62.4 Å². The van der Waals surface area contributed by atoms with Crippen LogP contribution in [0.2, 0.25) is 0 Å². The monoisotopic (exact) mass is 403 g/mol. The van der Waals surface area contributed by atoms with Crippen LogP contribution in [0.25, 0.3) is 0 Å². The molecule has 0 heterocycles. The molecule has 0 fully saturated rings. The van der Waals surface area contributed by atoms with Gasteiger partial charge in [0.1, 0.15) is 11.5 Å². The fourth-order valence-electron chi connectivity index (χ4n) is 2.78. The second-order valence-corrected chi connectivity index (χ2v) is 6.74. The number of anilines is 1. The summed E-state index contributed by atoms with van der Waals surface area (Å²) in [7, 11) is 0. The van der Waals surface area contributed by atoms with Gasteiger partial charge in [-0.3, -0.25) is 9.59 Å². The van der Waals surface area contributed by atoms with E-state index in [9.17, 15) is 19.8 Å². The van der Waals surface area contributed by atoms with Crippen molar-refractivity contribution in [2.45, 2.75) is 13.8 Å². The van der Waals surface area contributed by atoms with Crippen molar-refractivity contribution >= 4 is 23.2 Å². The van der Waals surface area contributed by atoms with Gasteiger partial charge >= 0.3 is 0 Å². The third kappa shape index (κ3) is 5.02. The van der Waals surface area contributed by atoms with E-state index in [-0.39, 0.29) is 17.4 Å². The Balaban J connectivity index is 1.64. The fraction of sp³-hybridized carbons (Fsp3) is 0.0870. The highest BCUT2D eigenvalue weighted by Gasteiger charge is 2.10. The number of hydrazone groups is 1. The number of nitrogens with zero attached hydrogens (tertiary/aromatic N) is 1. The maximum absolute atomic E-state index is 12.3. The molecule has 7 heteroatoms. The minimum atomic E-state index is -0.441. The van der Waals surface area contributed by atoms with Crippen molar-refractivity contribution in [3.8, 4) is 11.5 Å². The number of hydrogen-bond donors (Lipinski definition) is 4. The summed E-state index contributed by atoms with van der Waals surface area (Å²) in [6.07, 6.45) is 0. The molecule has 152 valence electrons. The largest absolute Gasteiger partial charge is 0.508 e. The Labute approximate surface area is 173 Å². The summed E-state index contributed by atoms with van der Waals surface area (Å²) in [5.41, 5.74) is 5.65. The summed E-state index contributed by atoms with van der Waals surface area (Å²) < 4.78 is 0. The number of aryl methyl sites for hydroxylation is 1. The maximum Gasteiger partial charge on any atom is 0.271 e. The summed E-state index contributed by atoms with van der Waals surface area (Å²) in [5, 5.41) is 26.0. The fourth-order valence-corrected chi connectivity index (χ4v) is 2.78. The van der Waals surface area contributed by atoms with E-state index in [2.05, 4.69) is 15.8 Å². The van der Waals surface area contributed by atoms with E-state index in [1.54, 1.807) is 43.3 Å². The first-order chi connectivity index (χ1) is 14.3. The Bertz CT molecular complexity index is 1120. The van der Waals surface area contributed by atoms with Crippen LogP contribution in [0.5, 0.6) is 11.5 Å². The lowest BCUT2D eigenvalue weighted by Gasteiger charge is -2.08. The smallest absolute Gasteiger partial charge is 0.271 e. The molecule has 0 unspecified atom stereocenters. The molecule has 0 saturated carbocycles. The van der Waals surface area contributed by atoms with Crippen LogP contribution < -0.4 is 10.7 Å². The van der Waals surface area contributed by atoms with Crippen LogP contribution in [0.4, 0.5) is 5.69 Å². The average molecular weight is 403 g/mol. The molecule has 3 aromatic carbocycles. The van der Waals surface area contributed by atoms with Crippen molar-refractivity contribution in [1.29, 1.82) is 0 Å². The van der Waals surface area contributed by atoms with Gasteiger partial charge in [0.05, 0.1) is 5.71 Å². The molecule has 4 N–H and O–H groups in total. The van der Waals surface area contributed by atoms with E-state index >= 15 is 0 Å². The highest BCUT2D eigenvalue weighted by molar-refractivity contribution is 6.05. The van der Waals surface area contributed by atoms with Gasteiger partial charge in [-0.2, -0.15) is 5.10 Å². The Morgan fingerprint density at radius 2 is 1.60 bits per heavy atom. The number of phenolic OH excluding ortho intramolecular Hbond substituents is 2. The predicted octanol–water partition coefficient (Wildman–Crippen LogP) is 3.81. The molecule has 7 nitrogen and oxygen atoms in total. The normalized spacial score (nSPS) is 11.1. The van der Waals surface area contributed by atoms with Gasteiger partial charge in [0.25, 0.3) is 11.8 Å². The number of hydrogen-bond acceptors (Lipinski definition) is 5. The standard InChI is InChI=1S/C23H21N3O4/c1-14-4-3-5-17(12-14)22(29)24-18-8-6-16(7-9-18)23(30)26-25-15(2)20-11-10-19(27)13-21(20)28/h3-13,27-28H,1-2H3,(H,24,29)(H,26,30). The lowest BCUT2D eigenvalue weighted by molar-refractivity contribution is 0.0954. The van der Waals surface area contributed by atoms with Gasteiger partial charge in [-0.25, -0.2) is 5.43 Å². The Morgan fingerprint density at radius 3 is 2.27 bits per heavy atom. The molecule has 0 spiro atoms. The number of phenols is 2. The van der Waals surface area contributed by atoms with Crippen LogP contribution in [0.3, 0.4) is 0 Å². The summed E-state index contributed by atoms with van der Waals surface area (Å²) >= 11 is 0. The number of carbonyl (C=O) groups excluding carboxylic acids is 2. The van der Waals surface area contributed by atoms with E-state index in [4.69, 9.17) is 0 Å². The molecular formula is C23H21N3O4.